The predicted octanol–water partition coefficient (Wildman–Crippen LogP) is 3.20. The number of amides is 1. The summed E-state index contributed by atoms with van der Waals surface area (Å²) in [6.45, 7) is 3.92. The van der Waals surface area contributed by atoms with Gasteiger partial charge in [0.15, 0.2) is 11.5 Å². The summed E-state index contributed by atoms with van der Waals surface area (Å²) in [7, 11) is 0. The molecule has 27 heavy (non-hydrogen) atoms. The Hall–Kier alpha value is -2.89. The summed E-state index contributed by atoms with van der Waals surface area (Å²) >= 11 is 0. The van der Waals surface area contributed by atoms with Crippen LogP contribution in [-0.4, -0.2) is 38.4 Å². The molecule has 1 aliphatic heterocycles. The number of rotatable bonds is 9. The van der Waals surface area contributed by atoms with Crippen molar-refractivity contribution in [3.8, 4) is 23.0 Å². The number of carbonyl (C=O) groups is 1. The fourth-order valence-corrected chi connectivity index (χ4v) is 2.70. The number of ether oxygens (including phenoxy) is 4. The molecule has 0 spiro atoms. The van der Waals surface area contributed by atoms with Gasteiger partial charge in [-0.3, -0.25) is 4.79 Å². The summed E-state index contributed by atoms with van der Waals surface area (Å²) in [5, 5.41) is 2.89. The largest absolute Gasteiger partial charge is 0.494 e. The molecule has 0 saturated heterocycles. The average molecular weight is 371 g/mol. The second kappa shape index (κ2) is 9.71. The van der Waals surface area contributed by atoms with Crippen molar-refractivity contribution in [1.29, 1.82) is 0 Å². The number of hydrogen-bond acceptors (Lipinski definition) is 5. The first-order chi connectivity index (χ1) is 13.2. The van der Waals surface area contributed by atoms with Gasteiger partial charge in [0.1, 0.15) is 24.2 Å². The Morgan fingerprint density at radius 3 is 2.52 bits per heavy atom. The summed E-state index contributed by atoms with van der Waals surface area (Å²) < 4.78 is 22.5. The first-order valence-corrected chi connectivity index (χ1v) is 9.25. The molecule has 1 N–H and O–H groups in total. The highest BCUT2D eigenvalue weighted by Gasteiger charge is 2.20. The maximum Gasteiger partial charge on any atom is 0.220 e. The number of hydrogen-bond donors (Lipinski definition) is 1. The van der Waals surface area contributed by atoms with Gasteiger partial charge in [0, 0.05) is 6.42 Å². The number of fused-ring (bicyclic) bond motifs is 1. The zero-order chi connectivity index (χ0) is 18.9. The Kier molecular flexibility index (Phi) is 6.79. The van der Waals surface area contributed by atoms with Crippen LogP contribution in [0.1, 0.15) is 19.8 Å². The molecule has 2 aromatic carbocycles. The van der Waals surface area contributed by atoms with Crippen LogP contribution in [0.2, 0.25) is 0 Å². The van der Waals surface area contributed by atoms with Gasteiger partial charge in [-0.15, -0.1) is 0 Å². The first-order valence-electron chi connectivity index (χ1n) is 9.25. The lowest BCUT2D eigenvalue weighted by Crippen LogP contribution is -2.40. The van der Waals surface area contributed by atoms with Gasteiger partial charge >= 0.3 is 0 Å². The van der Waals surface area contributed by atoms with Crippen molar-refractivity contribution in [1.82, 2.24) is 5.32 Å². The molecular weight excluding hydrogens is 346 g/mol. The Morgan fingerprint density at radius 2 is 1.78 bits per heavy atom. The molecule has 3 rings (SSSR count). The van der Waals surface area contributed by atoms with Gasteiger partial charge in [-0.25, -0.2) is 0 Å². The van der Waals surface area contributed by atoms with Gasteiger partial charge in [0.05, 0.1) is 19.8 Å². The third-order valence-electron chi connectivity index (χ3n) is 4.05. The van der Waals surface area contributed by atoms with E-state index in [1.54, 1.807) is 0 Å². The van der Waals surface area contributed by atoms with E-state index in [4.69, 9.17) is 18.9 Å². The van der Waals surface area contributed by atoms with Crippen LogP contribution < -0.4 is 24.3 Å². The van der Waals surface area contributed by atoms with Crippen molar-refractivity contribution >= 4 is 5.91 Å². The monoisotopic (exact) mass is 371 g/mol. The molecule has 0 saturated carbocycles. The van der Waals surface area contributed by atoms with Gasteiger partial charge in [-0.05, 0) is 49.7 Å². The van der Waals surface area contributed by atoms with Crippen molar-refractivity contribution in [2.24, 2.45) is 0 Å². The van der Waals surface area contributed by atoms with Crippen molar-refractivity contribution in [3.63, 3.8) is 0 Å². The molecule has 0 aromatic heterocycles. The van der Waals surface area contributed by atoms with E-state index in [-0.39, 0.29) is 12.0 Å². The molecule has 1 atom stereocenters. The smallest absolute Gasteiger partial charge is 0.220 e. The van der Waals surface area contributed by atoms with E-state index in [0.29, 0.717) is 45.0 Å². The van der Waals surface area contributed by atoms with Crippen LogP contribution in [0.4, 0.5) is 0 Å². The molecule has 6 heteroatoms. The van der Waals surface area contributed by atoms with Gasteiger partial charge in [-0.1, -0.05) is 12.1 Å². The highest BCUT2D eigenvalue weighted by atomic mass is 16.6. The Bertz CT molecular complexity index is 732. The van der Waals surface area contributed by atoms with Crippen LogP contribution in [0.3, 0.4) is 0 Å². The number of carbonyl (C=O) groups excluding carboxylic acids is 1. The summed E-state index contributed by atoms with van der Waals surface area (Å²) in [6.07, 6.45) is 0.870. The average Bonchev–Trinajstić information content (AvgIpc) is 2.71. The Labute approximate surface area is 159 Å². The van der Waals surface area contributed by atoms with E-state index in [2.05, 4.69) is 5.32 Å². The zero-order valence-corrected chi connectivity index (χ0v) is 15.5. The molecule has 1 heterocycles. The SMILES string of the molecule is CCOc1ccc(OCCCC(=O)NC[C@@H]2COc3ccccc3O2)cc1. The van der Waals surface area contributed by atoms with Crippen LogP contribution >= 0.6 is 0 Å². The van der Waals surface area contributed by atoms with Gasteiger partial charge < -0.3 is 24.3 Å². The number of benzene rings is 2. The zero-order valence-electron chi connectivity index (χ0n) is 15.5. The van der Waals surface area contributed by atoms with Gasteiger partial charge in [0.2, 0.25) is 5.91 Å². The molecule has 0 aliphatic carbocycles. The van der Waals surface area contributed by atoms with E-state index in [1.165, 1.54) is 0 Å². The van der Waals surface area contributed by atoms with Crippen molar-refractivity contribution in [2.75, 3.05) is 26.4 Å². The summed E-state index contributed by atoms with van der Waals surface area (Å²) in [4.78, 5) is 12.0. The predicted molar refractivity (Wildman–Crippen MR) is 102 cm³/mol. The summed E-state index contributed by atoms with van der Waals surface area (Å²) in [5.74, 6) is 3.03. The molecule has 0 unspecified atom stereocenters. The Morgan fingerprint density at radius 1 is 1.07 bits per heavy atom. The molecule has 144 valence electrons. The topological polar surface area (TPSA) is 66.0 Å². The van der Waals surface area contributed by atoms with Crippen LogP contribution in [0.25, 0.3) is 0 Å². The lowest BCUT2D eigenvalue weighted by Gasteiger charge is -2.26. The van der Waals surface area contributed by atoms with E-state index in [1.807, 2.05) is 55.5 Å². The standard InChI is InChI=1S/C21H25NO5/c1-2-24-16-9-11-17(12-10-16)25-13-5-8-21(23)22-14-18-15-26-19-6-3-4-7-20(19)27-18/h3-4,6-7,9-12,18H,2,5,8,13-15H2,1H3,(H,22,23)/t18-/m1/s1. The molecule has 0 fully saturated rings. The molecule has 2 aromatic rings. The van der Waals surface area contributed by atoms with Crippen molar-refractivity contribution < 1.29 is 23.7 Å². The van der Waals surface area contributed by atoms with Gasteiger partial charge in [-0.2, -0.15) is 0 Å². The molecule has 1 aliphatic rings. The third kappa shape index (κ3) is 5.81. The summed E-state index contributed by atoms with van der Waals surface area (Å²) in [6, 6.07) is 15.0. The first kappa shape index (κ1) is 18.9. The van der Waals surface area contributed by atoms with E-state index >= 15 is 0 Å². The maximum atomic E-state index is 12.0. The fourth-order valence-electron chi connectivity index (χ4n) is 2.70. The van der Waals surface area contributed by atoms with Crippen LogP contribution in [0.15, 0.2) is 48.5 Å². The van der Waals surface area contributed by atoms with Gasteiger partial charge in [0.25, 0.3) is 0 Å². The van der Waals surface area contributed by atoms with Crippen LogP contribution in [-0.2, 0) is 4.79 Å². The minimum Gasteiger partial charge on any atom is -0.494 e. The molecule has 0 radical (unpaired) electrons. The van der Waals surface area contributed by atoms with E-state index in [0.717, 1.165) is 17.2 Å². The molecule has 0 bridgehead atoms. The minimum absolute atomic E-state index is 0.0206. The van der Waals surface area contributed by atoms with Crippen LogP contribution in [0, 0.1) is 0 Å². The van der Waals surface area contributed by atoms with Crippen molar-refractivity contribution in [2.45, 2.75) is 25.9 Å². The quantitative estimate of drug-likeness (QED) is 0.686. The number of para-hydroxylation sites is 2. The second-order valence-corrected chi connectivity index (χ2v) is 6.16. The Balaban J connectivity index is 1.30. The highest BCUT2D eigenvalue weighted by molar-refractivity contribution is 5.75. The van der Waals surface area contributed by atoms with Crippen molar-refractivity contribution in [3.05, 3.63) is 48.5 Å². The second-order valence-electron chi connectivity index (χ2n) is 6.16. The lowest BCUT2D eigenvalue weighted by atomic mass is 10.2. The minimum atomic E-state index is -0.177. The molecular formula is C21H25NO5. The molecule has 6 nitrogen and oxygen atoms in total. The lowest BCUT2D eigenvalue weighted by molar-refractivity contribution is -0.121. The summed E-state index contributed by atoms with van der Waals surface area (Å²) in [5.41, 5.74) is 0. The normalized spacial score (nSPS) is 15.1. The highest BCUT2D eigenvalue weighted by Crippen LogP contribution is 2.30. The van der Waals surface area contributed by atoms with Crippen LogP contribution in [0.5, 0.6) is 23.0 Å². The third-order valence-corrected chi connectivity index (χ3v) is 4.05. The van der Waals surface area contributed by atoms with E-state index < -0.39 is 0 Å². The maximum absolute atomic E-state index is 12.0. The fraction of sp³-hybridized carbons (Fsp3) is 0.381. The number of nitrogens with one attached hydrogen (secondary N) is 1. The van der Waals surface area contributed by atoms with E-state index in [9.17, 15) is 4.79 Å². The molecule has 1 amide bonds.